The largest absolute Gasteiger partial charge is 0.384 e. The van der Waals surface area contributed by atoms with Crippen molar-refractivity contribution in [2.24, 2.45) is 0 Å². The topological polar surface area (TPSA) is 124 Å². The molecule has 1 saturated heterocycles. The van der Waals surface area contributed by atoms with Crippen LogP contribution < -0.4 is 10.6 Å². The molecule has 0 aliphatic carbocycles. The number of amides is 4. The van der Waals surface area contributed by atoms with Crippen molar-refractivity contribution in [3.8, 4) is 0 Å². The molecule has 0 radical (unpaired) electrons. The van der Waals surface area contributed by atoms with Gasteiger partial charge in [-0.2, -0.15) is 0 Å². The summed E-state index contributed by atoms with van der Waals surface area (Å²) in [5, 5.41) is 5.35. The Morgan fingerprint density at radius 3 is 2.78 bits per heavy atom. The summed E-state index contributed by atoms with van der Waals surface area (Å²) in [5.41, 5.74) is 1.05. The molecule has 2 aliphatic heterocycles. The van der Waals surface area contributed by atoms with Gasteiger partial charge < -0.3 is 10.3 Å². The molecule has 4 rings (SSSR count). The van der Waals surface area contributed by atoms with E-state index in [9.17, 15) is 19.2 Å². The summed E-state index contributed by atoms with van der Waals surface area (Å²) in [4.78, 5) is 57.2. The van der Waals surface area contributed by atoms with Crippen LogP contribution in [0.3, 0.4) is 0 Å². The second-order valence-corrected chi connectivity index (χ2v) is 6.39. The van der Waals surface area contributed by atoms with Gasteiger partial charge in [0.05, 0.1) is 11.1 Å². The van der Waals surface area contributed by atoms with Gasteiger partial charge in [-0.15, -0.1) is 0 Å². The molecule has 1 aromatic carbocycles. The number of carbonyl (C=O) groups is 4. The van der Waals surface area contributed by atoms with Gasteiger partial charge in [0.15, 0.2) is 0 Å². The number of imide groups is 2. The molecule has 138 valence electrons. The monoisotopic (exact) mass is 367 g/mol. The number of fused-ring (bicyclic) bond motifs is 1. The quantitative estimate of drug-likeness (QED) is 0.660. The van der Waals surface area contributed by atoms with Gasteiger partial charge in [-0.25, -0.2) is 4.98 Å². The van der Waals surface area contributed by atoms with Gasteiger partial charge in [0.1, 0.15) is 11.9 Å². The minimum atomic E-state index is -0.967. The first-order chi connectivity index (χ1) is 13.1. The third-order valence-corrected chi connectivity index (χ3v) is 4.70. The number of aromatic nitrogens is 2. The highest BCUT2D eigenvalue weighted by Crippen LogP contribution is 2.32. The molecule has 0 bridgehead atoms. The van der Waals surface area contributed by atoms with E-state index in [1.807, 2.05) is 0 Å². The lowest BCUT2D eigenvalue weighted by molar-refractivity contribution is -0.136. The summed E-state index contributed by atoms with van der Waals surface area (Å²) >= 11 is 0. The van der Waals surface area contributed by atoms with Crippen molar-refractivity contribution < 1.29 is 19.2 Å². The smallest absolute Gasteiger partial charge is 0.264 e. The number of benzene rings is 1. The van der Waals surface area contributed by atoms with Crippen molar-refractivity contribution in [1.82, 2.24) is 20.2 Å². The Labute approximate surface area is 154 Å². The Kier molecular flexibility index (Phi) is 4.19. The number of hydrogen-bond acceptors (Lipinski definition) is 6. The normalized spacial score (nSPS) is 19.3. The number of nitrogens with zero attached hydrogens (tertiary/aromatic N) is 2. The Morgan fingerprint density at radius 1 is 1.19 bits per heavy atom. The van der Waals surface area contributed by atoms with E-state index >= 15 is 0 Å². The average molecular weight is 367 g/mol. The Hall–Kier alpha value is -3.49. The van der Waals surface area contributed by atoms with Crippen LogP contribution in [0.15, 0.2) is 30.6 Å². The number of piperidine rings is 1. The molecule has 9 heteroatoms. The van der Waals surface area contributed by atoms with Crippen LogP contribution in [0.4, 0.5) is 5.69 Å². The number of H-pyrrole nitrogens is 1. The van der Waals surface area contributed by atoms with E-state index in [0.29, 0.717) is 18.7 Å². The van der Waals surface area contributed by atoms with Crippen molar-refractivity contribution in [2.45, 2.75) is 25.3 Å². The molecule has 9 nitrogen and oxygen atoms in total. The highest BCUT2D eigenvalue weighted by atomic mass is 16.2. The summed E-state index contributed by atoms with van der Waals surface area (Å²) in [7, 11) is 0. The second kappa shape index (κ2) is 6.67. The molecule has 3 heterocycles. The fourth-order valence-electron chi connectivity index (χ4n) is 3.41. The molecule has 0 saturated carbocycles. The minimum absolute atomic E-state index is 0.0953. The Morgan fingerprint density at radius 2 is 2.04 bits per heavy atom. The predicted molar refractivity (Wildman–Crippen MR) is 93.9 cm³/mol. The zero-order chi connectivity index (χ0) is 19.0. The lowest BCUT2D eigenvalue weighted by atomic mass is 10.0. The van der Waals surface area contributed by atoms with Crippen LogP contribution in [0.1, 0.15) is 39.4 Å². The molecular weight excluding hydrogens is 350 g/mol. The summed E-state index contributed by atoms with van der Waals surface area (Å²) < 4.78 is 0. The summed E-state index contributed by atoms with van der Waals surface area (Å²) in [6.07, 6.45) is 4.25. The summed E-state index contributed by atoms with van der Waals surface area (Å²) in [6.45, 7) is 0.518. The number of anilines is 1. The third-order valence-electron chi connectivity index (χ3n) is 4.70. The molecule has 1 fully saturated rings. The van der Waals surface area contributed by atoms with Gasteiger partial charge in [-0.05, 0) is 18.6 Å². The van der Waals surface area contributed by atoms with E-state index < -0.39 is 29.7 Å². The zero-order valence-electron chi connectivity index (χ0n) is 14.3. The van der Waals surface area contributed by atoms with Crippen LogP contribution in [-0.2, 0) is 16.0 Å². The first kappa shape index (κ1) is 17.0. The van der Waals surface area contributed by atoms with Crippen LogP contribution in [-0.4, -0.2) is 51.1 Å². The van der Waals surface area contributed by atoms with Gasteiger partial charge in [0, 0.05) is 37.5 Å². The van der Waals surface area contributed by atoms with Crippen LogP contribution in [0.25, 0.3) is 0 Å². The van der Waals surface area contributed by atoms with Crippen LogP contribution in [0, 0.1) is 0 Å². The van der Waals surface area contributed by atoms with Crippen molar-refractivity contribution in [2.75, 3.05) is 11.9 Å². The molecular formula is C18H17N5O4. The van der Waals surface area contributed by atoms with Crippen molar-refractivity contribution >= 4 is 29.3 Å². The Bertz CT molecular complexity index is 937. The summed E-state index contributed by atoms with van der Waals surface area (Å²) in [6, 6.07) is 4.01. The first-order valence-corrected chi connectivity index (χ1v) is 8.63. The van der Waals surface area contributed by atoms with Crippen LogP contribution in [0.5, 0.6) is 0 Å². The average Bonchev–Trinajstić information content (AvgIpc) is 3.24. The van der Waals surface area contributed by atoms with E-state index in [1.54, 1.807) is 30.6 Å². The van der Waals surface area contributed by atoms with Crippen molar-refractivity contribution in [3.63, 3.8) is 0 Å². The molecule has 3 N–H and O–H groups in total. The molecule has 1 unspecified atom stereocenters. The number of carbonyl (C=O) groups excluding carboxylic acids is 4. The van der Waals surface area contributed by atoms with Gasteiger partial charge in [0.25, 0.3) is 11.8 Å². The van der Waals surface area contributed by atoms with E-state index in [4.69, 9.17) is 0 Å². The standard InChI is InChI=1S/C18H17N5O4/c24-14-5-4-12(16(25)22-14)23-17(26)10-2-1-3-11(15(10)18(23)27)19-7-6-13-20-8-9-21-13/h1-3,8-9,12,19H,4-7H2,(H,20,21)(H,22,24,25). The number of hydrogen-bond donors (Lipinski definition) is 3. The molecule has 2 aliphatic rings. The molecule has 2 aromatic rings. The first-order valence-electron chi connectivity index (χ1n) is 8.63. The zero-order valence-corrected chi connectivity index (χ0v) is 14.3. The van der Waals surface area contributed by atoms with E-state index in [2.05, 4.69) is 20.6 Å². The summed E-state index contributed by atoms with van der Waals surface area (Å²) in [5.74, 6) is -1.24. The van der Waals surface area contributed by atoms with E-state index in [-0.39, 0.29) is 24.0 Å². The van der Waals surface area contributed by atoms with Gasteiger partial charge in [-0.1, -0.05) is 6.07 Å². The maximum absolute atomic E-state index is 12.9. The lowest BCUT2D eigenvalue weighted by Gasteiger charge is -2.27. The van der Waals surface area contributed by atoms with E-state index in [0.717, 1.165) is 10.7 Å². The lowest BCUT2D eigenvalue weighted by Crippen LogP contribution is -2.54. The maximum atomic E-state index is 12.9. The number of imidazole rings is 1. The van der Waals surface area contributed by atoms with E-state index in [1.165, 1.54) is 0 Å². The number of rotatable bonds is 5. The number of aromatic amines is 1. The van der Waals surface area contributed by atoms with Gasteiger partial charge >= 0.3 is 0 Å². The van der Waals surface area contributed by atoms with Gasteiger partial charge in [-0.3, -0.25) is 29.4 Å². The molecule has 1 atom stereocenters. The highest BCUT2D eigenvalue weighted by molar-refractivity contribution is 6.25. The van der Waals surface area contributed by atoms with Crippen molar-refractivity contribution in [1.29, 1.82) is 0 Å². The van der Waals surface area contributed by atoms with Crippen LogP contribution in [0.2, 0.25) is 0 Å². The second-order valence-electron chi connectivity index (χ2n) is 6.39. The minimum Gasteiger partial charge on any atom is -0.384 e. The number of nitrogens with one attached hydrogen (secondary N) is 3. The molecule has 0 spiro atoms. The molecule has 27 heavy (non-hydrogen) atoms. The predicted octanol–water partition coefficient (Wildman–Crippen LogP) is 0.465. The fraction of sp³-hybridized carbons (Fsp3) is 0.278. The van der Waals surface area contributed by atoms with Gasteiger partial charge in [0.2, 0.25) is 11.8 Å². The fourth-order valence-corrected chi connectivity index (χ4v) is 3.41. The highest BCUT2D eigenvalue weighted by Gasteiger charge is 2.45. The van der Waals surface area contributed by atoms with Crippen molar-refractivity contribution in [3.05, 3.63) is 47.5 Å². The third kappa shape index (κ3) is 2.97. The SMILES string of the molecule is O=C1CCC(N2C(=O)c3cccc(NCCc4ncc[nH]4)c3C2=O)C(=O)N1. The molecule has 1 aromatic heterocycles. The van der Waals surface area contributed by atoms with Crippen LogP contribution >= 0.6 is 0 Å². The Balaban J connectivity index is 1.56. The maximum Gasteiger partial charge on any atom is 0.264 e. The molecule has 4 amide bonds.